The standard InChI is InChI=1S/C26H28N4O5/c1-3-34-20-9-11-21(12-10-20)35-25-7-5-4-6-22(25)27-26(31)19-8-13-23(24(18-19)30(32)33)29-16-14-28(2)15-17-29/h4-13,18H,3,14-17H2,1-2H3,(H,27,31). The number of nitro benzene ring substituents is 1. The number of hydrogen-bond acceptors (Lipinski definition) is 7. The number of nitrogens with one attached hydrogen (secondary N) is 1. The Labute approximate surface area is 204 Å². The number of rotatable bonds is 8. The summed E-state index contributed by atoms with van der Waals surface area (Å²) in [6.07, 6.45) is 0. The number of ether oxygens (including phenoxy) is 2. The maximum atomic E-state index is 13.0. The molecule has 3 aromatic rings. The number of piperazine rings is 1. The van der Waals surface area contributed by atoms with Gasteiger partial charge in [0, 0.05) is 37.8 Å². The van der Waals surface area contributed by atoms with Crippen molar-refractivity contribution in [3.63, 3.8) is 0 Å². The van der Waals surface area contributed by atoms with Crippen molar-refractivity contribution in [3.8, 4) is 17.2 Å². The average Bonchev–Trinajstić information content (AvgIpc) is 2.86. The van der Waals surface area contributed by atoms with Gasteiger partial charge in [0.1, 0.15) is 17.2 Å². The zero-order valence-electron chi connectivity index (χ0n) is 19.8. The molecule has 1 fully saturated rings. The van der Waals surface area contributed by atoms with E-state index in [1.807, 2.05) is 18.9 Å². The Morgan fingerprint density at radius 1 is 1.00 bits per heavy atom. The van der Waals surface area contributed by atoms with Crippen molar-refractivity contribution >= 4 is 23.0 Å². The molecular weight excluding hydrogens is 448 g/mol. The van der Waals surface area contributed by atoms with E-state index >= 15 is 0 Å². The summed E-state index contributed by atoms with van der Waals surface area (Å²) in [5.74, 6) is 1.32. The number of hydrogen-bond donors (Lipinski definition) is 1. The van der Waals surface area contributed by atoms with Crippen LogP contribution in [-0.4, -0.2) is 55.6 Å². The van der Waals surface area contributed by atoms with Gasteiger partial charge in [-0.2, -0.15) is 0 Å². The van der Waals surface area contributed by atoms with Crippen LogP contribution in [0.3, 0.4) is 0 Å². The molecule has 1 aliphatic heterocycles. The van der Waals surface area contributed by atoms with Crippen LogP contribution in [0.15, 0.2) is 66.7 Å². The highest BCUT2D eigenvalue weighted by Gasteiger charge is 2.24. The van der Waals surface area contributed by atoms with E-state index in [1.165, 1.54) is 6.07 Å². The molecular formula is C26H28N4O5. The lowest BCUT2D eigenvalue weighted by molar-refractivity contribution is -0.384. The number of nitrogens with zero attached hydrogens (tertiary/aromatic N) is 3. The van der Waals surface area contributed by atoms with E-state index in [0.29, 0.717) is 42.6 Å². The molecule has 1 saturated heterocycles. The third-order valence-electron chi connectivity index (χ3n) is 5.78. The van der Waals surface area contributed by atoms with E-state index in [1.54, 1.807) is 60.7 Å². The molecule has 3 aromatic carbocycles. The lowest BCUT2D eigenvalue weighted by Crippen LogP contribution is -2.44. The van der Waals surface area contributed by atoms with Crippen LogP contribution < -0.4 is 19.7 Å². The largest absolute Gasteiger partial charge is 0.494 e. The molecule has 9 nitrogen and oxygen atoms in total. The molecule has 35 heavy (non-hydrogen) atoms. The average molecular weight is 477 g/mol. The van der Waals surface area contributed by atoms with Gasteiger partial charge in [-0.3, -0.25) is 14.9 Å². The van der Waals surface area contributed by atoms with Crippen LogP contribution in [0.5, 0.6) is 17.2 Å². The van der Waals surface area contributed by atoms with E-state index in [-0.39, 0.29) is 11.3 Å². The van der Waals surface area contributed by atoms with Crippen molar-refractivity contribution in [1.29, 1.82) is 0 Å². The minimum atomic E-state index is -0.458. The Morgan fingerprint density at radius 2 is 1.69 bits per heavy atom. The van der Waals surface area contributed by atoms with Crippen LogP contribution in [0, 0.1) is 10.1 Å². The summed E-state index contributed by atoms with van der Waals surface area (Å²) in [6, 6.07) is 18.8. The van der Waals surface area contributed by atoms with Crippen molar-refractivity contribution in [2.75, 3.05) is 50.1 Å². The van der Waals surface area contributed by atoms with E-state index in [2.05, 4.69) is 10.2 Å². The maximum Gasteiger partial charge on any atom is 0.293 e. The fraction of sp³-hybridized carbons (Fsp3) is 0.269. The second kappa shape index (κ2) is 10.9. The number of likely N-dealkylation sites (N-methyl/N-ethyl adjacent to an activating group) is 1. The van der Waals surface area contributed by atoms with Crippen LogP contribution in [0.4, 0.5) is 17.1 Å². The Balaban J connectivity index is 1.52. The molecule has 0 saturated carbocycles. The van der Waals surface area contributed by atoms with Crippen LogP contribution >= 0.6 is 0 Å². The number of carbonyl (C=O) groups excluding carboxylic acids is 1. The van der Waals surface area contributed by atoms with E-state index in [4.69, 9.17) is 9.47 Å². The van der Waals surface area contributed by atoms with Crippen molar-refractivity contribution in [2.45, 2.75) is 6.92 Å². The van der Waals surface area contributed by atoms with Crippen molar-refractivity contribution in [3.05, 3.63) is 82.4 Å². The molecule has 0 atom stereocenters. The first kappa shape index (κ1) is 24.0. The van der Waals surface area contributed by atoms with Gasteiger partial charge < -0.3 is 24.6 Å². The third-order valence-corrected chi connectivity index (χ3v) is 5.78. The molecule has 9 heteroatoms. The summed E-state index contributed by atoms with van der Waals surface area (Å²) in [6.45, 7) is 5.52. The molecule has 0 aromatic heterocycles. The lowest BCUT2D eigenvalue weighted by Gasteiger charge is -2.33. The highest BCUT2D eigenvalue weighted by molar-refractivity contribution is 6.05. The molecule has 0 unspecified atom stereocenters. The van der Waals surface area contributed by atoms with E-state index in [9.17, 15) is 14.9 Å². The normalized spacial score (nSPS) is 13.8. The van der Waals surface area contributed by atoms with Gasteiger partial charge in [0.2, 0.25) is 0 Å². The monoisotopic (exact) mass is 476 g/mol. The number of nitro groups is 1. The minimum absolute atomic E-state index is 0.0823. The van der Waals surface area contributed by atoms with Gasteiger partial charge in [-0.15, -0.1) is 0 Å². The Bertz CT molecular complexity index is 1190. The van der Waals surface area contributed by atoms with Crippen LogP contribution in [-0.2, 0) is 0 Å². The van der Waals surface area contributed by atoms with Gasteiger partial charge in [0.25, 0.3) is 11.6 Å². The molecule has 0 aliphatic carbocycles. The quantitative estimate of drug-likeness (QED) is 0.369. The zero-order chi connectivity index (χ0) is 24.8. The highest BCUT2D eigenvalue weighted by Crippen LogP contribution is 2.33. The summed E-state index contributed by atoms with van der Waals surface area (Å²) >= 11 is 0. The van der Waals surface area contributed by atoms with Crippen molar-refractivity contribution in [2.24, 2.45) is 0 Å². The first-order chi connectivity index (χ1) is 16.9. The van der Waals surface area contributed by atoms with E-state index < -0.39 is 10.8 Å². The van der Waals surface area contributed by atoms with E-state index in [0.717, 1.165) is 18.8 Å². The van der Waals surface area contributed by atoms with Gasteiger partial charge in [-0.05, 0) is 62.5 Å². The first-order valence-electron chi connectivity index (χ1n) is 11.5. The van der Waals surface area contributed by atoms with Crippen LogP contribution in [0.25, 0.3) is 0 Å². The number of amides is 1. The zero-order valence-corrected chi connectivity index (χ0v) is 19.8. The molecule has 0 bridgehead atoms. The molecule has 1 aliphatic rings. The van der Waals surface area contributed by atoms with Crippen molar-refractivity contribution < 1.29 is 19.2 Å². The predicted molar refractivity (Wildman–Crippen MR) is 135 cm³/mol. The second-order valence-corrected chi connectivity index (χ2v) is 8.21. The molecule has 0 spiro atoms. The summed E-state index contributed by atoms with van der Waals surface area (Å²) in [4.78, 5) is 28.5. The van der Waals surface area contributed by atoms with Gasteiger partial charge in [-0.25, -0.2) is 0 Å². The highest BCUT2D eigenvalue weighted by atomic mass is 16.6. The maximum absolute atomic E-state index is 13.0. The topological polar surface area (TPSA) is 97.2 Å². The fourth-order valence-electron chi connectivity index (χ4n) is 3.88. The number of carbonyl (C=O) groups is 1. The van der Waals surface area contributed by atoms with Crippen LogP contribution in [0.1, 0.15) is 17.3 Å². The summed E-state index contributed by atoms with van der Waals surface area (Å²) in [7, 11) is 2.02. The smallest absolute Gasteiger partial charge is 0.293 e. The molecule has 1 heterocycles. The summed E-state index contributed by atoms with van der Waals surface area (Å²) in [5.41, 5.74) is 1.10. The Hall–Kier alpha value is -4.11. The Kier molecular flexibility index (Phi) is 7.47. The van der Waals surface area contributed by atoms with Crippen molar-refractivity contribution in [1.82, 2.24) is 4.90 Å². The van der Waals surface area contributed by atoms with Crippen LogP contribution in [0.2, 0.25) is 0 Å². The number of benzene rings is 3. The van der Waals surface area contributed by atoms with Gasteiger partial charge in [0.05, 0.1) is 17.2 Å². The molecule has 182 valence electrons. The van der Waals surface area contributed by atoms with Gasteiger partial charge >= 0.3 is 0 Å². The summed E-state index contributed by atoms with van der Waals surface area (Å²) < 4.78 is 11.4. The number of para-hydroxylation sites is 2. The fourth-order valence-corrected chi connectivity index (χ4v) is 3.88. The number of anilines is 2. The lowest BCUT2D eigenvalue weighted by atomic mass is 10.1. The SMILES string of the molecule is CCOc1ccc(Oc2ccccc2NC(=O)c2ccc(N3CCN(C)CC3)c([N+](=O)[O-])c2)cc1. The molecule has 0 radical (unpaired) electrons. The van der Waals surface area contributed by atoms with Gasteiger partial charge in [0.15, 0.2) is 5.75 Å². The Morgan fingerprint density at radius 3 is 2.37 bits per heavy atom. The first-order valence-corrected chi connectivity index (χ1v) is 11.5. The minimum Gasteiger partial charge on any atom is -0.494 e. The summed E-state index contributed by atoms with van der Waals surface area (Å²) in [5, 5.41) is 14.6. The third kappa shape index (κ3) is 5.88. The predicted octanol–water partition coefficient (Wildman–Crippen LogP) is 4.79. The molecule has 1 amide bonds. The van der Waals surface area contributed by atoms with Gasteiger partial charge in [-0.1, -0.05) is 12.1 Å². The molecule has 1 N–H and O–H groups in total. The molecule has 4 rings (SSSR count). The second-order valence-electron chi connectivity index (χ2n) is 8.21.